The minimum atomic E-state index is -0.319. The Morgan fingerprint density at radius 3 is 2.39 bits per heavy atom. The van der Waals surface area contributed by atoms with Crippen molar-refractivity contribution in [3.8, 4) is 0 Å². The van der Waals surface area contributed by atoms with Crippen molar-refractivity contribution < 1.29 is 4.79 Å². The molecule has 1 amide bonds. The molecule has 2 heterocycles. The van der Waals surface area contributed by atoms with Gasteiger partial charge in [-0.2, -0.15) is 4.98 Å². The highest BCUT2D eigenvalue weighted by atomic mass is 35.5. The van der Waals surface area contributed by atoms with E-state index in [-0.39, 0.29) is 17.9 Å². The predicted molar refractivity (Wildman–Crippen MR) is 132 cm³/mol. The van der Waals surface area contributed by atoms with Crippen LogP contribution in [0.5, 0.6) is 0 Å². The van der Waals surface area contributed by atoms with Crippen LogP contribution in [0.3, 0.4) is 0 Å². The molecule has 6 nitrogen and oxygen atoms in total. The van der Waals surface area contributed by atoms with Gasteiger partial charge in [-0.1, -0.05) is 84.4 Å². The van der Waals surface area contributed by atoms with E-state index in [0.717, 1.165) is 22.4 Å². The highest BCUT2D eigenvalue weighted by molar-refractivity contribution is 6.30. The van der Waals surface area contributed by atoms with Crippen molar-refractivity contribution in [1.29, 1.82) is 0 Å². The first-order valence-electron chi connectivity index (χ1n) is 10.5. The molecule has 0 saturated heterocycles. The molecule has 0 bridgehead atoms. The Morgan fingerprint density at radius 2 is 1.67 bits per heavy atom. The highest BCUT2D eigenvalue weighted by Gasteiger charge is 2.25. The molecule has 162 valence electrons. The summed E-state index contributed by atoms with van der Waals surface area (Å²) in [5.41, 5.74) is 3.92. The van der Waals surface area contributed by atoms with Crippen LogP contribution in [0.15, 0.2) is 97.1 Å². The second-order valence-electron chi connectivity index (χ2n) is 7.50. The summed E-state index contributed by atoms with van der Waals surface area (Å²) < 4.78 is 1.78. The third-order valence-corrected chi connectivity index (χ3v) is 5.48. The normalized spacial score (nSPS) is 14.9. The Balaban J connectivity index is 1.41. The molecule has 33 heavy (non-hydrogen) atoms. The lowest BCUT2D eigenvalue weighted by Crippen LogP contribution is -2.20. The van der Waals surface area contributed by atoms with Gasteiger partial charge in [0.05, 0.1) is 0 Å². The molecule has 3 aromatic carbocycles. The van der Waals surface area contributed by atoms with Gasteiger partial charge in [0.2, 0.25) is 5.95 Å². The van der Waals surface area contributed by atoms with Gasteiger partial charge in [-0.25, -0.2) is 4.68 Å². The van der Waals surface area contributed by atoms with E-state index in [2.05, 4.69) is 26.8 Å². The van der Waals surface area contributed by atoms with Crippen LogP contribution >= 0.6 is 11.6 Å². The predicted octanol–water partition coefficient (Wildman–Crippen LogP) is 5.64. The molecule has 1 aromatic heterocycles. The quantitative estimate of drug-likeness (QED) is 0.383. The van der Waals surface area contributed by atoms with Crippen molar-refractivity contribution in [3.63, 3.8) is 0 Å². The van der Waals surface area contributed by atoms with Crippen LogP contribution in [0.1, 0.15) is 22.7 Å². The first-order valence-corrected chi connectivity index (χ1v) is 10.8. The summed E-state index contributed by atoms with van der Waals surface area (Å²) in [5.74, 6) is 0.467. The maximum absolute atomic E-state index is 12.5. The molecule has 0 fully saturated rings. The maximum atomic E-state index is 12.5. The third-order valence-electron chi connectivity index (χ3n) is 5.22. The molecule has 2 N–H and O–H groups in total. The van der Waals surface area contributed by atoms with Gasteiger partial charge in [0, 0.05) is 16.8 Å². The fourth-order valence-electron chi connectivity index (χ4n) is 3.62. The number of fused-ring (bicyclic) bond motifs is 1. The number of anilines is 2. The number of nitrogens with one attached hydrogen (secondary N) is 2. The van der Waals surface area contributed by atoms with Gasteiger partial charge in [0.1, 0.15) is 6.04 Å². The summed E-state index contributed by atoms with van der Waals surface area (Å²) in [6, 6.07) is 27.2. The highest BCUT2D eigenvalue weighted by Crippen LogP contribution is 2.33. The molecule has 4 aromatic rings. The first-order chi connectivity index (χ1) is 16.2. The summed E-state index contributed by atoms with van der Waals surface area (Å²) in [6.45, 7) is 0. The van der Waals surface area contributed by atoms with Crippen molar-refractivity contribution in [3.05, 3.63) is 119 Å². The smallest absolute Gasteiger partial charge is 0.250 e. The topological polar surface area (TPSA) is 71.8 Å². The summed E-state index contributed by atoms with van der Waals surface area (Å²) >= 11 is 5.90. The van der Waals surface area contributed by atoms with Crippen LogP contribution in [-0.4, -0.2) is 20.7 Å². The van der Waals surface area contributed by atoms with E-state index in [1.165, 1.54) is 6.08 Å². The molecule has 0 radical (unpaired) electrons. The van der Waals surface area contributed by atoms with Gasteiger partial charge in [-0.05, 0) is 41.0 Å². The molecule has 1 aliphatic heterocycles. The Morgan fingerprint density at radius 1 is 0.970 bits per heavy atom. The van der Waals surface area contributed by atoms with Crippen LogP contribution in [-0.2, 0) is 4.79 Å². The summed E-state index contributed by atoms with van der Waals surface area (Å²) in [6.07, 6.45) is 5.26. The number of carbonyl (C=O) groups excluding carboxylic acids is 1. The molecular formula is C26H20ClN5O. The number of amides is 1. The fraction of sp³-hybridized carbons (Fsp3) is 0.0385. The zero-order valence-electron chi connectivity index (χ0n) is 17.5. The van der Waals surface area contributed by atoms with Crippen molar-refractivity contribution in [2.24, 2.45) is 0 Å². The number of hydrogen-bond acceptors (Lipinski definition) is 4. The second kappa shape index (κ2) is 9.14. The Labute approximate surface area is 196 Å². The van der Waals surface area contributed by atoms with Gasteiger partial charge in [0.25, 0.3) is 11.9 Å². The number of allylic oxidation sites excluding steroid dienone is 1. The Kier molecular flexibility index (Phi) is 5.74. The zero-order valence-corrected chi connectivity index (χ0v) is 18.3. The van der Waals surface area contributed by atoms with E-state index in [9.17, 15) is 4.79 Å². The monoisotopic (exact) mass is 453 g/mol. The average molecular weight is 454 g/mol. The second-order valence-corrected chi connectivity index (χ2v) is 7.94. The Hall–Kier alpha value is -4.16. The van der Waals surface area contributed by atoms with E-state index in [4.69, 9.17) is 11.6 Å². The molecular weight excluding hydrogens is 434 g/mol. The van der Waals surface area contributed by atoms with Crippen molar-refractivity contribution >= 4 is 41.2 Å². The number of aromatic nitrogens is 3. The van der Waals surface area contributed by atoms with Gasteiger partial charge in [-0.3, -0.25) is 10.1 Å². The van der Waals surface area contributed by atoms with Crippen LogP contribution in [0.25, 0.3) is 11.8 Å². The summed E-state index contributed by atoms with van der Waals surface area (Å²) in [5, 5.41) is 11.3. The summed E-state index contributed by atoms with van der Waals surface area (Å²) in [7, 11) is 0. The van der Waals surface area contributed by atoms with Crippen molar-refractivity contribution in [2.45, 2.75) is 6.04 Å². The number of rotatable bonds is 5. The van der Waals surface area contributed by atoms with E-state index in [1.54, 1.807) is 22.9 Å². The van der Waals surface area contributed by atoms with E-state index < -0.39 is 0 Å². The minimum Gasteiger partial charge on any atom is -0.324 e. The lowest BCUT2D eigenvalue weighted by Gasteiger charge is -2.24. The van der Waals surface area contributed by atoms with E-state index in [0.29, 0.717) is 11.0 Å². The molecule has 1 atom stereocenters. The number of benzene rings is 3. The van der Waals surface area contributed by atoms with E-state index in [1.807, 2.05) is 72.8 Å². The molecule has 0 unspecified atom stereocenters. The number of nitrogens with zero attached hydrogens (tertiary/aromatic N) is 3. The van der Waals surface area contributed by atoms with Gasteiger partial charge >= 0.3 is 0 Å². The number of carbonyl (C=O) groups is 1. The molecule has 0 spiro atoms. The molecule has 0 aliphatic carbocycles. The van der Waals surface area contributed by atoms with Gasteiger partial charge < -0.3 is 5.32 Å². The van der Waals surface area contributed by atoms with Crippen LogP contribution in [0.2, 0.25) is 5.02 Å². The molecule has 1 aliphatic rings. The largest absolute Gasteiger partial charge is 0.324 e. The number of halogens is 1. The minimum absolute atomic E-state index is 0.166. The zero-order chi connectivity index (χ0) is 22.6. The van der Waals surface area contributed by atoms with Crippen molar-refractivity contribution in [1.82, 2.24) is 14.8 Å². The average Bonchev–Trinajstić information content (AvgIpc) is 3.26. The first kappa shape index (κ1) is 20.7. The van der Waals surface area contributed by atoms with Crippen LogP contribution < -0.4 is 10.6 Å². The Bertz CT molecular complexity index is 1330. The SMILES string of the molecule is O=C(/C=C/c1ccc(Cl)cc1)Nc1nc2n(n1)[C@H](c1ccccc1)C=C(c1ccccc1)N2. The maximum Gasteiger partial charge on any atom is 0.250 e. The van der Waals surface area contributed by atoms with Crippen LogP contribution in [0, 0.1) is 0 Å². The van der Waals surface area contributed by atoms with Crippen LogP contribution in [0.4, 0.5) is 11.9 Å². The standard InChI is InChI=1S/C26H20ClN5O/c27-21-14-11-18(12-15-21)13-16-24(33)29-25-30-26-28-22(19-7-3-1-4-8-19)17-23(32(26)31-25)20-9-5-2-6-10-20/h1-17,23H,(H2,28,29,30,31,33)/b16-13+/t23-/m0/s1. The van der Waals surface area contributed by atoms with Gasteiger partial charge in [0.15, 0.2) is 0 Å². The summed E-state index contributed by atoms with van der Waals surface area (Å²) in [4.78, 5) is 17.0. The lowest BCUT2D eigenvalue weighted by atomic mass is 10.0. The molecule has 7 heteroatoms. The van der Waals surface area contributed by atoms with Gasteiger partial charge in [-0.15, -0.1) is 5.10 Å². The lowest BCUT2D eigenvalue weighted by molar-refractivity contribution is -0.111. The third kappa shape index (κ3) is 4.71. The fourth-order valence-corrected chi connectivity index (χ4v) is 3.74. The molecule has 5 rings (SSSR count). The number of hydrogen-bond donors (Lipinski definition) is 2. The molecule has 0 saturated carbocycles. The van der Waals surface area contributed by atoms with Crippen molar-refractivity contribution in [2.75, 3.05) is 10.6 Å². The van der Waals surface area contributed by atoms with E-state index >= 15 is 0 Å².